The smallest absolute Gasteiger partial charge is 0.251 e. The number of carbonyl (C=O) groups excluding carboxylic acids is 1. The van der Waals surface area contributed by atoms with E-state index in [0.717, 1.165) is 16.7 Å². The number of hydrogen-bond donors (Lipinski definition) is 1. The van der Waals surface area contributed by atoms with Gasteiger partial charge in [0.05, 0.1) is 11.6 Å². The molecule has 3 rings (SSSR count). The minimum absolute atomic E-state index is 0.171. The topological polar surface area (TPSA) is 65.8 Å². The van der Waals surface area contributed by atoms with Crippen LogP contribution in [-0.4, -0.2) is 10.9 Å². The number of hydrogen-bond acceptors (Lipinski definition) is 4. The largest absolute Gasteiger partial charge is 0.348 e. The molecule has 0 spiro atoms. The van der Waals surface area contributed by atoms with Crippen molar-refractivity contribution in [3.05, 3.63) is 76.2 Å². The average Bonchev–Trinajstić information content (AvgIpc) is 3.15. The van der Waals surface area contributed by atoms with Crippen LogP contribution in [-0.2, 0) is 6.54 Å². The third kappa shape index (κ3) is 3.62. The lowest BCUT2D eigenvalue weighted by atomic mass is 10.1. The molecule has 0 aliphatic heterocycles. The van der Waals surface area contributed by atoms with E-state index in [1.165, 1.54) is 0 Å². The lowest BCUT2D eigenvalue weighted by Gasteiger charge is -2.06. The molecule has 3 aromatic rings. The number of thiophene rings is 1. The van der Waals surface area contributed by atoms with Crippen LogP contribution in [0.2, 0.25) is 0 Å². The normalized spacial score (nSPS) is 10.0. The van der Waals surface area contributed by atoms with Crippen molar-refractivity contribution in [2.24, 2.45) is 0 Å². The van der Waals surface area contributed by atoms with Crippen LogP contribution < -0.4 is 5.32 Å². The van der Waals surface area contributed by atoms with Crippen molar-refractivity contribution in [3.8, 4) is 17.2 Å². The monoisotopic (exact) mass is 319 g/mol. The first-order chi connectivity index (χ1) is 11.3. The Morgan fingerprint density at radius 2 is 2.00 bits per heavy atom. The predicted molar refractivity (Wildman–Crippen MR) is 89.9 cm³/mol. The van der Waals surface area contributed by atoms with Crippen LogP contribution in [0.4, 0.5) is 0 Å². The molecule has 0 fully saturated rings. The fourth-order valence-electron chi connectivity index (χ4n) is 2.15. The minimum Gasteiger partial charge on any atom is -0.348 e. The molecule has 0 unspecified atom stereocenters. The Bertz CT molecular complexity index is 849. The third-order valence-corrected chi connectivity index (χ3v) is 4.06. The van der Waals surface area contributed by atoms with E-state index >= 15 is 0 Å². The highest BCUT2D eigenvalue weighted by atomic mass is 32.1. The molecular weight excluding hydrogens is 306 g/mol. The summed E-state index contributed by atoms with van der Waals surface area (Å²) in [5.41, 5.74) is 4.18. The van der Waals surface area contributed by atoms with Crippen LogP contribution in [0.3, 0.4) is 0 Å². The van der Waals surface area contributed by atoms with E-state index in [0.29, 0.717) is 17.7 Å². The zero-order valence-electron chi connectivity index (χ0n) is 12.2. The van der Waals surface area contributed by atoms with Gasteiger partial charge in [0.1, 0.15) is 0 Å². The summed E-state index contributed by atoms with van der Waals surface area (Å²) in [6.45, 7) is 0.407. The number of nitriles is 1. The second kappa shape index (κ2) is 6.86. The van der Waals surface area contributed by atoms with Crippen molar-refractivity contribution >= 4 is 17.2 Å². The molecule has 2 heterocycles. The van der Waals surface area contributed by atoms with Gasteiger partial charge in [0.2, 0.25) is 0 Å². The van der Waals surface area contributed by atoms with Gasteiger partial charge in [-0.2, -0.15) is 16.6 Å². The number of aromatic nitrogens is 1. The van der Waals surface area contributed by atoms with Gasteiger partial charge in [-0.3, -0.25) is 9.78 Å². The number of nitrogens with one attached hydrogen (secondary N) is 1. The van der Waals surface area contributed by atoms with Gasteiger partial charge in [0, 0.05) is 30.1 Å². The first kappa shape index (κ1) is 14.9. The number of carbonyl (C=O) groups is 1. The van der Waals surface area contributed by atoms with Gasteiger partial charge < -0.3 is 5.32 Å². The highest BCUT2D eigenvalue weighted by Gasteiger charge is 2.06. The van der Waals surface area contributed by atoms with Crippen LogP contribution in [0.1, 0.15) is 21.5 Å². The van der Waals surface area contributed by atoms with Crippen molar-refractivity contribution in [3.63, 3.8) is 0 Å². The van der Waals surface area contributed by atoms with E-state index in [9.17, 15) is 4.79 Å². The zero-order chi connectivity index (χ0) is 16.1. The van der Waals surface area contributed by atoms with E-state index < -0.39 is 0 Å². The Hall–Kier alpha value is -2.97. The molecule has 5 heteroatoms. The molecule has 23 heavy (non-hydrogen) atoms. The fourth-order valence-corrected chi connectivity index (χ4v) is 2.82. The Morgan fingerprint density at radius 1 is 1.17 bits per heavy atom. The van der Waals surface area contributed by atoms with E-state index in [4.69, 9.17) is 5.26 Å². The Morgan fingerprint density at radius 3 is 2.70 bits per heavy atom. The summed E-state index contributed by atoms with van der Waals surface area (Å²) < 4.78 is 0. The van der Waals surface area contributed by atoms with Crippen LogP contribution in [0.15, 0.2) is 59.6 Å². The summed E-state index contributed by atoms with van der Waals surface area (Å²) in [5.74, 6) is -0.171. The van der Waals surface area contributed by atoms with Gasteiger partial charge in [-0.1, -0.05) is 0 Å². The third-order valence-electron chi connectivity index (χ3n) is 3.38. The number of pyridine rings is 1. The standard InChI is InChI=1S/C18H13N3OS/c19-8-13-1-3-15(4-2-13)18(22)21-10-14-7-17(11-20-9-14)16-5-6-23-12-16/h1-7,9,11-12H,10H2,(H,21,22). The van der Waals surface area contributed by atoms with Crippen molar-refractivity contribution in [1.82, 2.24) is 10.3 Å². The van der Waals surface area contributed by atoms with Gasteiger partial charge >= 0.3 is 0 Å². The Balaban J connectivity index is 1.67. The van der Waals surface area contributed by atoms with Gasteiger partial charge in [-0.05, 0) is 58.3 Å². The van der Waals surface area contributed by atoms with E-state index in [2.05, 4.69) is 15.7 Å². The Kier molecular flexibility index (Phi) is 4.46. The van der Waals surface area contributed by atoms with E-state index in [1.807, 2.05) is 29.8 Å². The molecule has 0 saturated heterocycles. The summed E-state index contributed by atoms with van der Waals surface area (Å²) in [6.07, 6.45) is 3.56. The molecule has 0 bridgehead atoms. The zero-order valence-corrected chi connectivity index (χ0v) is 13.0. The maximum atomic E-state index is 12.1. The number of benzene rings is 1. The maximum Gasteiger partial charge on any atom is 0.251 e. The summed E-state index contributed by atoms with van der Waals surface area (Å²) in [7, 11) is 0. The van der Waals surface area contributed by atoms with Crippen molar-refractivity contribution < 1.29 is 4.79 Å². The van der Waals surface area contributed by atoms with Crippen molar-refractivity contribution in [2.75, 3.05) is 0 Å². The van der Waals surface area contributed by atoms with Gasteiger partial charge in [-0.15, -0.1) is 0 Å². The molecule has 0 aliphatic carbocycles. The molecule has 0 atom stereocenters. The summed E-state index contributed by atoms with van der Waals surface area (Å²) in [6, 6.07) is 12.7. The molecule has 1 N–H and O–H groups in total. The van der Waals surface area contributed by atoms with Gasteiger partial charge in [0.25, 0.3) is 5.91 Å². The number of amides is 1. The molecule has 2 aromatic heterocycles. The van der Waals surface area contributed by atoms with E-state index in [1.54, 1.807) is 41.8 Å². The fraction of sp³-hybridized carbons (Fsp3) is 0.0556. The van der Waals surface area contributed by atoms with Crippen molar-refractivity contribution in [1.29, 1.82) is 5.26 Å². The molecule has 112 valence electrons. The average molecular weight is 319 g/mol. The minimum atomic E-state index is -0.171. The molecule has 0 saturated carbocycles. The van der Waals surface area contributed by atoms with Crippen LogP contribution in [0, 0.1) is 11.3 Å². The predicted octanol–water partition coefficient (Wildman–Crippen LogP) is 3.61. The number of nitrogens with zero attached hydrogens (tertiary/aromatic N) is 2. The summed E-state index contributed by atoms with van der Waals surface area (Å²) in [5, 5.41) is 15.7. The van der Waals surface area contributed by atoms with E-state index in [-0.39, 0.29) is 5.91 Å². The van der Waals surface area contributed by atoms with Gasteiger partial charge in [-0.25, -0.2) is 0 Å². The van der Waals surface area contributed by atoms with Crippen molar-refractivity contribution in [2.45, 2.75) is 6.54 Å². The van der Waals surface area contributed by atoms with Crippen LogP contribution in [0.25, 0.3) is 11.1 Å². The quantitative estimate of drug-likeness (QED) is 0.799. The molecule has 4 nitrogen and oxygen atoms in total. The highest BCUT2D eigenvalue weighted by molar-refractivity contribution is 7.08. The molecule has 1 aromatic carbocycles. The first-order valence-electron chi connectivity index (χ1n) is 7.01. The van der Waals surface area contributed by atoms with Gasteiger partial charge in [0.15, 0.2) is 0 Å². The molecule has 1 amide bonds. The second-order valence-corrected chi connectivity index (χ2v) is 5.75. The first-order valence-corrected chi connectivity index (χ1v) is 7.95. The lowest BCUT2D eigenvalue weighted by molar-refractivity contribution is 0.0951. The lowest BCUT2D eigenvalue weighted by Crippen LogP contribution is -2.22. The highest BCUT2D eigenvalue weighted by Crippen LogP contribution is 2.21. The Labute approximate surface area is 138 Å². The van der Waals surface area contributed by atoms with Crippen LogP contribution in [0.5, 0.6) is 0 Å². The molecule has 0 radical (unpaired) electrons. The molecular formula is C18H13N3OS. The summed E-state index contributed by atoms with van der Waals surface area (Å²) >= 11 is 1.64. The SMILES string of the molecule is N#Cc1ccc(C(=O)NCc2cncc(-c3ccsc3)c2)cc1. The summed E-state index contributed by atoms with van der Waals surface area (Å²) in [4.78, 5) is 16.3. The van der Waals surface area contributed by atoms with Crippen LogP contribution >= 0.6 is 11.3 Å². The number of rotatable bonds is 4. The second-order valence-electron chi connectivity index (χ2n) is 4.97. The molecule has 0 aliphatic rings. The maximum absolute atomic E-state index is 12.1.